The van der Waals surface area contributed by atoms with Gasteiger partial charge in [0.2, 0.25) is 5.82 Å². The molecule has 7 nitrogen and oxygen atoms in total. The lowest BCUT2D eigenvalue weighted by atomic mass is 10.1. The molecular formula is C17H20N4O3. The van der Waals surface area contributed by atoms with E-state index < -0.39 is 4.92 Å². The normalized spacial score (nSPS) is 14.5. The summed E-state index contributed by atoms with van der Waals surface area (Å²) in [5.74, 6) is 0.858. The van der Waals surface area contributed by atoms with Gasteiger partial charge in [-0.05, 0) is 56.4 Å². The average Bonchev–Trinajstić information content (AvgIpc) is 2.58. The number of nitro groups is 1. The summed E-state index contributed by atoms with van der Waals surface area (Å²) in [6, 6.07) is 5.56. The summed E-state index contributed by atoms with van der Waals surface area (Å²) in [6.07, 6.45) is 4.48. The summed E-state index contributed by atoms with van der Waals surface area (Å²) in [4.78, 5) is 21.3. The molecule has 0 radical (unpaired) electrons. The number of nitrogens with zero attached hydrogens (tertiary/aromatic N) is 4. The number of rotatable bonds is 4. The number of benzene rings is 1. The Morgan fingerprint density at radius 2 is 1.88 bits per heavy atom. The van der Waals surface area contributed by atoms with Gasteiger partial charge in [-0.25, -0.2) is 4.98 Å². The highest BCUT2D eigenvalue weighted by Gasteiger charge is 2.29. The van der Waals surface area contributed by atoms with Crippen molar-refractivity contribution in [1.82, 2.24) is 9.97 Å². The van der Waals surface area contributed by atoms with Gasteiger partial charge in [0.1, 0.15) is 12.1 Å². The molecule has 0 spiro atoms. The van der Waals surface area contributed by atoms with Crippen LogP contribution in [0.25, 0.3) is 0 Å². The molecule has 1 aromatic heterocycles. The van der Waals surface area contributed by atoms with Crippen molar-refractivity contribution < 1.29 is 9.66 Å². The second-order valence-corrected chi connectivity index (χ2v) is 6.00. The Labute approximate surface area is 140 Å². The van der Waals surface area contributed by atoms with E-state index in [9.17, 15) is 10.1 Å². The first-order valence-corrected chi connectivity index (χ1v) is 8.05. The number of piperidine rings is 1. The minimum atomic E-state index is -0.458. The highest BCUT2D eigenvalue weighted by Crippen LogP contribution is 2.37. The molecule has 2 aromatic rings. The van der Waals surface area contributed by atoms with Crippen molar-refractivity contribution >= 4 is 11.5 Å². The van der Waals surface area contributed by atoms with Crippen LogP contribution in [0.2, 0.25) is 0 Å². The van der Waals surface area contributed by atoms with Gasteiger partial charge in [-0.3, -0.25) is 10.1 Å². The van der Waals surface area contributed by atoms with E-state index in [4.69, 9.17) is 4.74 Å². The highest BCUT2D eigenvalue weighted by atomic mass is 16.6. The van der Waals surface area contributed by atoms with Gasteiger partial charge in [0.25, 0.3) is 0 Å². The molecule has 0 unspecified atom stereocenters. The zero-order valence-electron chi connectivity index (χ0n) is 13.9. The maximum atomic E-state index is 11.6. The Morgan fingerprint density at radius 3 is 2.54 bits per heavy atom. The quantitative estimate of drug-likeness (QED) is 0.627. The molecule has 2 heterocycles. The van der Waals surface area contributed by atoms with Crippen LogP contribution in [0.3, 0.4) is 0 Å². The van der Waals surface area contributed by atoms with Crippen molar-refractivity contribution in [2.45, 2.75) is 33.1 Å². The first-order chi connectivity index (χ1) is 11.6. The molecule has 0 atom stereocenters. The Morgan fingerprint density at radius 1 is 1.12 bits per heavy atom. The molecule has 0 saturated carbocycles. The fourth-order valence-electron chi connectivity index (χ4n) is 2.81. The Balaban J connectivity index is 1.97. The van der Waals surface area contributed by atoms with Crippen LogP contribution in [0.5, 0.6) is 11.6 Å². The summed E-state index contributed by atoms with van der Waals surface area (Å²) in [6.45, 7) is 5.50. The van der Waals surface area contributed by atoms with Gasteiger partial charge in [0.05, 0.1) is 4.92 Å². The topological polar surface area (TPSA) is 81.4 Å². The first kappa shape index (κ1) is 16.2. The number of anilines is 1. The molecule has 0 bridgehead atoms. The van der Waals surface area contributed by atoms with E-state index in [0.717, 1.165) is 43.5 Å². The molecule has 0 amide bonds. The predicted molar refractivity (Wildman–Crippen MR) is 90.7 cm³/mol. The minimum Gasteiger partial charge on any atom is -0.434 e. The fraction of sp³-hybridized carbons (Fsp3) is 0.412. The second kappa shape index (κ2) is 6.82. The molecule has 3 rings (SSSR count). The lowest BCUT2D eigenvalue weighted by Crippen LogP contribution is -2.30. The molecule has 1 aliphatic heterocycles. The molecule has 0 aliphatic carbocycles. The summed E-state index contributed by atoms with van der Waals surface area (Å²) >= 11 is 0. The van der Waals surface area contributed by atoms with Crippen LogP contribution in [0.4, 0.5) is 11.5 Å². The largest absolute Gasteiger partial charge is 0.434 e. The number of ether oxygens (including phenoxy) is 1. The van der Waals surface area contributed by atoms with E-state index in [1.165, 1.54) is 6.33 Å². The number of hydrogen-bond donors (Lipinski definition) is 0. The Hall–Kier alpha value is -2.70. The molecule has 1 saturated heterocycles. The molecule has 0 N–H and O–H groups in total. The van der Waals surface area contributed by atoms with E-state index in [2.05, 4.69) is 9.97 Å². The molecule has 1 aromatic carbocycles. The van der Waals surface area contributed by atoms with Crippen molar-refractivity contribution in [3.05, 3.63) is 45.8 Å². The lowest BCUT2D eigenvalue weighted by Gasteiger charge is -2.27. The van der Waals surface area contributed by atoms with Gasteiger partial charge in [0.15, 0.2) is 0 Å². The monoisotopic (exact) mass is 328 g/mol. The van der Waals surface area contributed by atoms with Gasteiger partial charge in [-0.1, -0.05) is 6.07 Å². The van der Waals surface area contributed by atoms with E-state index in [1.807, 2.05) is 30.9 Å². The van der Waals surface area contributed by atoms with Crippen LogP contribution < -0.4 is 9.64 Å². The van der Waals surface area contributed by atoms with Crippen molar-refractivity contribution in [2.75, 3.05) is 18.0 Å². The van der Waals surface area contributed by atoms with Crippen LogP contribution in [0.1, 0.15) is 30.4 Å². The van der Waals surface area contributed by atoms with Crippen LogP contribution in [0.15, 0.2) is 24.5 Å². The number of hydrogen-bond acceptors (Lipinski definition) is 6. The van der Waals surface area contributed by atoms with Gasteiger partial charge >= 0.3 is 11.6 Å². The molecule has 24 heavy (non-hydrogen) atoms. The molecular weight excluding hydrogens is 308 g/mol. The fourth-order valence-corrected chi connectivity index (χ4v) is 2.81. The van der Waals surface area contributed by atoms with Gasteiger partial charge in [-0.2, -0.15) is 4.98 Å². The third-order valence-corrected chi connectivity index (χ3v) is 4.30. The van der Waals surface area contributed by atoms with Crippen LogP contribution in [-0.2, 0) is 0 Å². The smallest absolute Gasteiger partial charge is 0.373 e. The maximum Gasteiger partial charge on any atom is 0.373 e. The van der Waals surface area contributed by atoms with Crippen LogP contribution in [-0.4, -0.2) is 28.0 Å². The summed E-state index contributed by atoms with van der Waals surface area (Å²) in [7, 11) is 0. The van der Waals surface area contributed by atoms with Crippen molar-refractivity contribution in [3.8, 4) is 11.6 Å². The van der Waals surface area contributed by atoms with E-state index in [-0.39, 0.29) is 11.6 Å². The Bertz CT molecular complexity index is 757. The molecule has 7 heteroatoms. The van der Waals surface area contributed by atoms with Gasteiger partial charge in [0, 0.05) is 13.1 Å². The second-order valence-electron chi connectivity index (χ2n) is 6.00. The third-order valence-electron chi connectivity index (χ3n) is 4.30. The van der Waals surface area contributed by atoms with E-state index in [0.29, 0.717) is 11.6 Å². The zero-order valence-corrected chi connectivity index (χ0v) is 13.9. The van der Waals surface area contributed by atoms with Gasteiger partial charge < -0.3 is 9.64 Å². The molecule has 1 fully saturated rings. The highest BCUT2D eigenvalue weighted by molar-refractivity contribution is 5.63. The SMILES string of the molecule is Cc1ccc(Oc2ncnc(N3CCCCC3)c2[N+](=O)[O-])cc1C. The number of aryl methyl sites for hydroxylation is 2. The molecule has 126 valence electrons. The number of aromatic nitrogens is 2. The van der Waals surface area contributed by atoms with Crippen molar-refractivity contribution in [2.24, 2.45) is 0 Å². The maximum absolute atomic E-state index is 11.6. The Kier molecular flexibility index (Phi) is 4.59. The molecule has 1 aliphatic rings. The van der Waals surface area contributed by atoms with Crippen LogP contribution in [0, 0.1) is 24.0 Å². The predicted octanol–water partition coefficient (Wildman–Crippen LogP) is 3.78. The zero-order chi connectivity index (χ0) is 17.1. The van der Waals surface area contributed by atoms with Crippen molar-refractivity contribution in [1.29, 1.82) is 0 Å². The van der Waals surface area contributed by atoms with Gasteiger partial charge in [-0.15, -0.1) is 0 Å². The summed E-state index contributed by atoms with van der Waals surface area (Å²) < 4.78 is 5.72. The summed E-state index contributed by atoms with van der Waals surface area (Å²) in [5.41, 5.74) is 2.02. The summed E-state index contributed by atoms with van der Waals surface area (Å²) in [5, 5.41) is 11.6. The average molecular weight is 328 g/mol. The van der Waals surface area contributed by atoms with E-state index >= 15 is 0 Å². The van der Waals surface area contributed by atoms with Crippen molar-refractivity contribution in [3.63, 3.8) is 0 Å². The van der Waals surface area contributed by atoms with Crippen LogP contribution >= 0.6 is 0 Å². The first-order valence-electron chi connectivity index (χ1n) is 8.05. The lowest BCUT2D eigenvalue weighted by molar-refractivity contribution is -0.385. The van der Waals surface area contributed by atoms with E-state index in [1.54, 1.807) is 6.07 Å². The third kappa shape index (κ3) is 3.29. The standard InChI is InChI=1S/C17H20N4O3/c1-12-6-7-14(10-13(12)2)24-17-15(21(22)23)16(18-11-19-17)20-8-4-3-5-9-20/h6-7,10-11H,3-5,8-9H2,1-2H3. The minimum absolute atomic E-state index is 0.0150.